The van der Waals surface area contributed by atoms with Crippen molar-refractivity contribution in [1.29, 1.82) is 0 Å². The molecule has 5 rings (SSSR count). The Morgan fingerprint density at radius 3 is 2.63 bits per heavy atom. The first-order valence-electron chi connectivity index (χ1n) is 14.3. The Morgan fingerprint density at radius 2 is 1.85 bits per heavy atom. The number of hydrogen-bond acceptors (Lipinski definition) is 6. The number of H-pyrrole nitrogens is 1. The van der Waals surface area contributed by atoms with Crippen LogP contribution in [-0.2, 0) is 9.53 Å². The Morgan fingerprint density at radius 1 is 1.07 bits per heavy atom. The average Bonchev–Trinajstić information content (AvgIpc) is 3.45. The van der Waals surface area contributed by atoms with Gasteiger partial charge in [0.05, 0.1) is 50.3 Å². The molecular formula is C32H40IN3O4S. The first-order valence-corrected chi connectivity index (χ1v) is 15.2. The van der Waals surface area contributed by atoms with Gasteiger partial charge in [-0.15, -0.1) is 11.3 Å². The topological polar surface area (TPSA) is 71.6 Å². The van der Waals surface area contributed by atoms with Crippen molar-refractivity contribution in [3.8, 4) is 5.75 Å². The molecule has 1 fully saturated rings. The number of anilines is 1. The summed E-state index contributed by atoms with van der Waals surface area (Å²) in [6.07, 6.45) is 2.62. The third kappa shape index (κ3) is 7.42. The van der Waals surface area contributed by atoms with Crippen LogP contribution < -0.4 is 39.2 Å². The van der Waals surface area contributed by atoms with Crippen molar-refractivity contribution >= 4 is 44.0 Å². The fourth-order valence-corrected chi connectivity index (χ4v) is 6.10. The minimum Gasteiger partial charge on any atom is -1.00 e. The van der Waals surface area contributed by atoms with Gasteiger partial charge in [-0.1, -0.05) is 13.0 Å². The molecule has 7 nitrogen and oxygen atoms in total. The van der Waals surface area contributed by atoms with Crippen molar-refractivity contribution in [3.63, 3.8) is 0 Å². The second-order valence-electron chi connectivity index (χ2n) is 11.5. The van der Waals surface area contributed by atoms with Crippen LogP contribution in [0.3, 0.4) is 0 Å². The van der Waals surface area contributed by atoms with Crippen molar-refractivity contribution in [3.05, 3.63) is 70.3 Å². The molecule has 0 atom stereocenters. The number of nitrogens with one attached hydrogen (secondary N) is 1. The zero-order valence-electron chi connectivity index (χ0n) is 24.2. The highest BCUT2D eigenvalue weighted by atomic mass is 127. The molecule has 1 N–H and O–H groups in total. The number of fused-ring (bicyclic) bond motifs is 2. The van der Waals surface area contributed by atoms with Crippen LogP contribution in [-0.4, -0.2) is 61.5 Å². The normalized spacial score (nSPS) is 15.0. The number of carbonyl (C=O) groups is 1. The molecule has 1 saturated heterocycles. The Labute approximate surface area is 263 Å². The van der Waals surface area contributed by atoms with Crippen LogP contribution in [0.5, 0.6) is 5.75 Å². The van der Waals surface area contributed by atoms with Crippen LogP contribution in [0.2, 0.25) is 0 Å². The number of hydrogen-bond donors (Lipinski definition) is 1. The smallest absolute Gasteiger partial charge is 0.315 e. The van der Waals surface area contributed by atoms with Crippen LogP contribution >= 0.6 is 11.3 Å². The van der Waals surface area contributed by atoms with E-state index in [0.29, 0.717) is 13.3 Å². The fraction of sp³-hybridized carbons (Fsp3) is 0.438. The quantitative estimate of drug-likeness (QED) is 0.114. The number of carbonyl (C=O) groups excluding carboxylic acids is 1. The Kier molecular flexibility index (Phi) is 10.4. The third-order valence-electron chi connectivity index (χ3n) is 8.40. The maximum absolute atomic E-state index is 12.8. The van der Waals surface area contributed by atoms with E-state index in [1.165, 1.54) is 21.8 Å². The number of halogens is 1. The summed E-state index contributed by atoms with van der Waals surface area (Å²) in [6.45, 7) is 11.6. The van der Waals surface area contributed by atoms with Gasteiger partial charge in [0, 0.05) is 27.9 Å². The van der Waals surface area contributed by atoms with Gasteiger partial charge in [-0.05, 0) is 80.3 Å². The SMILES string of the molecule is CCC(C)(C)C(=O)OC[N+]1(CCCCOc2ccc3ccc(=O)[nH]c3c2)CCN(c2cccc3sccc23)CC1.[I-]. The number of aromatic nitrogens is 1. The van der Waals surface area contributed by atoms with E-state index in [0.717, 1.165) is 73.1 Å². The lowest BCUT2D eigenvalue weighted by atomic mass is 9.91. The van der Waals surface area contributed by atoms with Crippen LogP contribution in [0, 0.1) is 5.41 Å². The number of benzene rings is 2. The van der Waals surface area contributed by atoms with Gasteiger partial charge in [0.2, 0.25) is 12.3 Å². The van der Waals surface area contributed by atoms with Crippen molar-refractivity contribution in [1.82, 2.24) is 4.98 Å². The summed E-state index contributed by atoms with van der Waals surface area (Å²) in [5, 5.41) is 4.46. The molecule has 9 heteroatoms. The second-order valence-corrected chi connectivity index (χ2v) is 12.5. The maximum atomic E-state index is 12.8. The Balaban J connectivity index is 0.00000387. The van der Waals surface area contributed by atoms with Crippen molar-refractivity contribution < 1.29 is 42.7 Å². The van der Waals surface area contributed by atoms with Gasteiger partial charge >= 0.3 is 5.97 Å². The monoisotopic (exact) mass is 689 g/mol. The predicted molar refractivity (Wildman–Crippen MR) is 163 cm³/mol. The van der Waals surface area contributed by atoms with E-state index in [1.54, 1.807) is 11.3 Å². The molecule has 0 radical (unpaired) electrons. The van der Waals surface area contributed by atoms with Crippen LogP contribution in [0.15, 0.2) is 64.8 Å². The largest absolute Gasteiger partial charge is 1.00 e. The molecule has 4 aromatic rings. The summed E-state index contributed by atoms with van der Waals surface area (Å²) in [4.78, 5) is 29.8. The van der Waals surface area contributed by atoms with Gasteiger partial charge in [0.15, 0.2) is 0 Å². The van der Waals surface area contributed by atoms with Gasteiger partial charge < -0.3 is 43.3 Å². The zero-order valence-corrected chi connectivity index (χ0v) is 27.1. The van der Waals surface area contributed by atoms with Crippen molar-refractivity contribution in [2.45, 2.75) is 40.0 Å². The number of rotatable bonds is 11. The summed E-state index contributed by atoms with van der Waals surface area (Å²) in [5.41, 5.74) is 1.49. The zero-order chi connectivity index (χ0) is 28.2. The molecule has 0 aliphatic carbocycles. The van der Waals surface area contributed by atoms with Crippen molar-refractivity contribution in [2.24, 2.45) is 5.41 Å². The Hall–Kier alpha value is -2.63. The van der Waals surface area contributed by atoms with Gasteiger partial charge in [-0.2, -0.15) is 0 Å². The number of nitrogens with zero attached hydrogens (tertiary/aromatic N) is 2. The molecular weight excluding hydrogens is 649 g/mol. The van der Waals surface area contributed by atoms with Gasteiger partial charge in [-0.25, -0.2) is 0 Å². The molecule has 41 heavy (non-hydrogen) atoms. The summed E-state index contributed by atoms with van der Waals surface area (Å²) in [7, 11) is 0. The predicted octanol–water partition coefficient (Wildman–Crippen LogP) is 3.18. The summed E-state index contributed by atoms with van der Waals surface area (Å²) in [5.74, 6) is 0.640. The van der Waals surface area contributed by atoms with Crippen molar-refractivity contribution in [2.75, 3.05) is 51.0 Å². The lowest BCUT2D eigenvalue weighted by Gasteiger charge is -2.45. The number of quaternary nitrogens is 1. The van der Waals surface area contributed by atoms with E-state index in [-0.39, 0.29) is 35.5 Å². The minimum absolute atomic E-state index is 0. The van der Waals surface area contributed by atoms with Gasteiger partial charge in [0.25, 0.3) is 0 Å². The highest BCUT2D eigenvalue weighted by Gasteiger charge is 2.36. The molecule has 0 spiro atoms. The average molecular weight is 690 g/mol. The molecule has 2 aromatic carbocycles. The molecule has 0 saturated carbocycles. The van der Waals surface area contributed by atoms with Crippen LogP contribution in [0.1, 0.15) is 40.0 Å². The van der Waals surface area contributed by atoms with E-state index in [1.807, 2.05) is 45.0 Å². The minimum atomic E-state index is -0.474. The fourth-order valence-electron chi connectivity index (χ4n) is 5.29. The highest BCUT2D eigenvalue weighted by molar-refractivity contribution is 7.17. The summed E-state index contributed by atoms with van der Waals surface area (Å²) >= 11 is 1.78. The van der Waals surface area contributed by atoms with Crippen LogP contribution in [0.4, 0.5) is 5.69 Å². The number of unbranched alkanes of at least 4 members (excludes halogenated alkanes) is 1. The molecule has 1 aliphatic rings. The lowest BCUT2D eigenvalue weighted by Crippen LogP contribution is -3.00. The molecule has 0 amide bonds. The number of piperazine rings is 1. The standard InChI is InChI=1S/C32H39N3O4S.HI/c1-4-32(2,3)31(37)39-23-35(18-15-34(16-19-35)28-8-7-9-29-26(28)14-21-40-29)17-5-6-20-38-25-12-10-24-11-13-30(36)33-27(24)22-25;/h7-14,21-22H,4-6,15-20,23H2,1-3H3;1H. The number of pyridine rings is 1. The van der Waals surface area contributed by atoms with E-state index in [2.05, 4.69) is 39.5 Å². The molecule has 0 unspecified atom stereocenters. The van der Waals surface area contributed by atoms with Gasteiger partial charge in [0.1, 0.15) is 5.75 Å². The van der Waals surface area contributed by atoms with E-state index >= 15 is 0 Å². The third-order valence-corrected chi connectivity index (χ3v) is 9.28. The van der Waals surface area contributed by atoms with Gasteiger partial charge in [-0.3, -0.25) is 14.1 Å². The molecule has 220 valence electrons. The summed E-state index contributed by atoms with van der Waals surface area (Å²) < 4.78 is 14.1. The maximum Gasteiger partial charge on any atom is 0.315 e. The molecule has 2 aromatic heterocycles. The lowest BCUT2D eigenvalue weighted by molar-refractivity contribution is -0.944. The first-order chi connectivity index (χ1) is 19.3. The Bertz CT molecular complexity index is 1520. The number of aromatic amines is 1. The molecule has 3 heterocycles. The highest BCUT2D eigenvalue weighted by Crippen LogP contribution is 2.32. The molecule has 1 aliphatic heterocycles. The number of thiophene rings is 1. The number of esters is 1. The van der Waals surface area contributed by atoms with E-state index in [4.69, 9.17) is 9.47 Å². The van der Waals surface area contributed by atoms with E-state index < -0.39 is 5.41 Å². The van der Waals surface area contributed by atoms with E-state index in [9.17, 15) is 9.59 Å². The second kappa shape index (κ2) is 13.6. The number of ether oxygens (including phenoxy) is 2. The summed E-state index contributed by atoms with van der Waals surface area (Å²) in [6, 6.07) is 17.9. The first kappa shape index (κ1) is 31.3. The van der Waals surface area contributed by atoms with Crippen LogP contribution in [0.25, 0.3) is 21.0 Å². The molecule has 0 bridgehead atoms.